The van der Waals surface area contributed by atoms with Crippen molar-refractivity contribution in [3.05, 3.63) is 47.5 Å². The van der Waals surface area contributed by atoms with E-state index in [1.165, 1.54) is 12.1 Å². The molecule has 0 aliphatic rings. The van der Waals surface area contributed by atoms with Crippen LogP contribution in [0.15, 0.2) is 41.3 Å². The van der Waals surface area contributed by atoms with Crippen molar-refractivity contribution in [2.24, 2.45) is 0 Å². The lowest BCUT2D eigenvalue weighted by molar-refractivity contribution is 0.260. The van der Waals surface area contributed by atoms with Gasteiger partial charge in [0.2, 0.25) is 0 Å². The fourth-order valence-corrected chi connectivity index (χ4v) is 3.16. The normalized spacial score (nSPS) is 11.6. The maximum Gasteiger partial charge on any atom is 0.178 e. The Hall–Kier alpha value is -1.76. The van der Waals surface area contributed by atoms with Crippen LogP contribution in [0.25, 0.3) is 0 Å². The van der Waals surface area contributed by atoms with Crippen LogP contribution < -0.4 is 9.47 Å². The summed E-state index contributed by atoms with van der Waals surface area (Å²) in [6.45, 7) is 2.93. The van der Waals surface area contributed by atoms with Gasteiger partial charge in [-0.3, -0.25) is 0 Å². The standard InChI is InChI=1S/C18H21ClNO4S/c1-4-25(21,22)16-8-9-18(17(19)13-16)24-15-7-5-6-14(12-15)23-11-10-20(2)3/h6-9,12-13H,4,10-11H2,1-3H3. The van der Waals surface area contributed by atoms with E-state index in [0.717, 1.165) is 6.54 Å². The number of hydrogen-bond acceptors (Lipinski definition) is 5. The van der Waals surface area contributed by atoms with Crippen LogP contribution in [-0.4, -0.2) is 46.3 Å². The lowest BCUT2D eigenvalue weighted by atomic mass is 10.3. The number of benzene rings is 2. The summed E-state index contributed by atoms with van der Waals surface area (Å²) in [6.07, 6.45) is 0. The first kappa shape index (κ1) is 19.6. The molecule has 0 spiro atoms. The van der Waals surface area contributed by atoms with E-state index in [1.807, 2.05) is 19.0 Å². The van der Waals surface area contributed by atoms with Gasteiger partial charge in [0.1, 0.15) is 23.9 Å². The molecule has 0 fully saturated rings. The number of likely N-dealkylation sites (N-methyl/N-ethyl adjacent to an activating group) is 1. The Kier molecular flexibility index (Phi) is 6.70. The maximum absolute atomic E-state index is 11.9. The molecular formula is C18H21ClNO4S. The van der Waals surface area contributed by atoms with E-state index >= 15 is 0 Å². The van der Waals surface area contributed by atoms with Gasteiger partial charge in [0.25, 0.3) is 0 Å². The molecule has 0 aromatic heterocycles. The molecule has 0 aliphatic carbocycles. The van der Waals surface area contributed by atoms with Crippen LogP contribution in [0.3, 0.4) is 0 Å². The number of nitrogens with zero attached hydrogens (tertiary/aromatic N) is 1. The van der Waals surface area contributed by atoms with E-state index in [4.69, 9.17) is 21.1 Å². The van der Waals surface area contributed by atoms with Crippen LogP contribution >= 0.6 is 11.6 Å². The van der Waals surface area contributed by atoms with Crippen molar-refractivity contribution in [2.75, 3.05) is 33.0 Å². The average Bonchev–Trinajstić information content (AvgIpc) is 2.56. The molecule has 0 N–H and O–H groups in total. The molecule has 2 aromatic carbocycles. The van der Waals surface area contributed by atoms with Crippen LogP contribution in [0.4, 0.5) is 0 Å². The smallest absolute Gasteiger partial charge is 0.178 e. The fraction of sp³-hybridized carbons (Fsp3) is 0.333. The van der Waals surface area contributed by atoms with Crippen molar-refractivity contribution >= 4 is 21.4 Å². The molecule has 2 rings (SSSR count). The van der Waals surface area contributed by atoms with E-state index < -0.39 is 9.84 Å². The molecular weight excluding hydrogens is 362 g/mol. The zero-order valence-corrected chi connectivity index (χ0v) is 16.0. The topological polar surface area (TPSA) is 55.8 Å². The Morgan fingerprint density at radius 2 is 1.88 bits per heavy atom. The number of halogens is 1. The van der Waals surface area contributed by atoms with E-state index in [0.29, 0.717) is 23.9 Å². The minimum Gasteiger partial charge on any atom is -0.492 e. The summed E-state index contributed by atoms with van der Waals surface area (Å²) in [5.74, 6) is 1.54. The highest BCUT2D eigenvalue weighted by atomic mass is 35.5. The molecule has 5 nitrogen and oxygen atoms in total. The van der Waals surface area contributed by atoms with E-state index in [9.17, 15) is 8.42 Å². The van der Waals surface area contributed by atoms with Crippen molar-refractivity contribution in [3.63, 3.8) is 0 Å². The second-order valence-electron chi connectivity index (χ2n) is 5.65. The first-order valence-corrected chi connectivity index (χ1v) is 9.83. The summed E-state index contributed by atoms with van der Waals surface area (Å²) in [5, 5.41) is 0.230. The van der Waals surface area contributed by atoms with Crippen molar-refractivity contribution in [3.8, 4) is 17.2 Å². The predicted octanol–water partition coefficient (Wildman–Crippen LogP) is 3.67. The number of ether oxygens (including phenoxy) is 2. The molecule has 0 saturated carbocycles. The van der Waals surface area contributed by atoms with Gasteiger partial charge in [-0.15, -0.1) is 0 Å². The van der Waals surface area contributed by atoms with Crippen molar-refractivity contribution < 1.29 is 17.9 Å². The number of hydrogen-bond donors (Lipinski definition) is 0. The Bertz CT molecular complexity index is 822. The van der Waals surface area contributed by atoms with Gasteiger partial charge >= 0.3 is 0 Å². The van der Waals surface area contributed by atoms with Crippen molar-refractivity contribution in [1.29, 1.82) is 0 Å². The van der Waals surface area contributed by atoms with Gasteiger partial charge in [-0.2, -0.15) is 0 Å². The van der Waals surface area contributed by atoms with Crippen molar-refractivity contribution in [1.82, 2.24) is 4.90 Å². The predicted molar refractivity (Wildman–Crippen MR) is 98.6 cm³/mol. The van der Waals surface area contributed by atoms with Crippen LogP contribution in [-0.2, 0) is 9.84 Å². The second kappa shape index (κ2) is 8.56. The third-order valence-corrected chi connectivity index (χ3v) is 5.44. The SMILES string of the molecule is CCS(=O)(=O)c1ccc(Oc2c[c]cc(OCCN(C)C)c2)c(Cl)c1. The summed E-state index contributed by atoms with van der Waals surface area (Å²) >= 11 is 6.16. The molecule has 25 heavy (non-hydrogen) atoms. The zero-order valence-electron chi connectivity index (χ0n) is 14.5. The monoisotopic (exact) mass is 382 g/mol. The Morgan fingerprint density at radius 1 is 1.16 bits per heavy atom. The molecule has 0 amide bonds. The third kappa shape index (κ3) is 5.63. The van der Waals surface area contributed by atoms with Gasteiger partial charge in [-0.05, 0) is 50.5 Å². The largest absolute Gasteiger partial charge is 0.492 e. The van der Waals surface area contributed by atoms with Crippen LogP contribution in [0.1, 0.15) is 6.92 Å². The minimum absolute atomic E-state index is 0.0187. The first-order valence-electron chi connectivity index (χ1n) is 7.80. The second-order valence-corrected chi connectivity index (χ2v) is 8.34. The highest BCUT2D eigenvalue weighted by Crippen LogP contribution is 2.32. The average molecular weight is 383 g/mol. The highest BCUT2D eigenvalue weighted by Gasteiger charge is 2.14. The molecule has 0 unspecified atom stereocenters. The highest BCUT2D eigenvalue weighted by molar-refractivity contribution is 7.91. The van der Waals surface area contributed by atoms with Gasteiger partial charge in [0.05, 0.1) is 15.7 Å². The number of rotatable bonds is 8. The fourth-order valence-electron chi connectivity index (χ4n) is 1.97. The lowest BCUT2D eigenvalue weighted by Crippen LogP contribution is -2.19. The molecule has 7 heteroatoms. The molecule has 135 valence electrons. The minimum atomic E-state index is -3.30. The van der Waals surface area contributed by atoms with Gasteiger partial charge < -0.3 is 14.4 Å². The molecule has 0 atom stereocenters. The number of sulfone groups is 1. The Morgan fingerprint density at radius 3 is 2.52 bits per heavy atom. The summed E-state index contributed by atoms with van der Waals surface area (Å²) < 4.78 is 35.2. The zero-order chi connectivity index (χ0) is 18.4. The van der Waals surface area contributed by atoms with Gasteiger partial charge in [-0.1, -0.05) is 18.5 Å². The van der Waals surface area contributed by atoms with Crippen molar-refractivity contribution in [2.45, 2.75) is 11.8 Å². The Balaban J connectivity index is 2.12. The van der Waals surface area contributed by atoms with E-state index in [2.05, 4.69) is 6.07 Å². The van der Waals surface area contributed by atoms with Crippen LogP contribution in [0.2, 0.25) is 5.02 Å². The molecule has 2 aromatic rings. The maximum atomic E-state index is 11.9. The van der Waals surface area contributed by atoms with E-state index in [-0.39, 0.29) is 15.7 Å². The third-order valence-electron chi connectivity index (χ3n) is 3.41. The van der Waals surface area contributed by atoms with Crippen LogP contribution in [0.5, 0.6) is 17.2 Å². The molecule has 1 radical (unpaired) electrons. The van der Waals surface area contributed by atoms with Gasteiger partial charge in [-0.25, -0.2) is 8.42 Å². The van der Waals surface area contributed by atoms with Crippen LogP contribution in [0, 0.1) is 6.07 Å². The molecule has 0 saturated heterocycles. The quantitative estimate of drug-likeness (QED) is 0.697. The molecule has 0 aliphatic heterocycles. The lowest BCUT2D eigenvalue weighted by Gasteiger charge is -2.12. The first-order chi connectivity index (χ1) is 11.8. The van der Waals surface area contributed by atoms with Gasteiger partial charge in [0.15, 0.2) is 9.84 Å². The Labute approximate surface area is 154 Å². The summed E-state index contributed by atoms with van der Waals surface area (Å²) in [6, 6.07) is 12.5. The summed E-state index contributed by atoms with van der Waals surface area (Å²) in [5.41, 5.74) is 0. The molecule has 0 bridgehead atoms. The van der Waals surface area contributed by atoms with E-state index in [1.54, 1.807) is 31.2 Å². The summed E-state index contributed by atoms with van der Waals surface area (Å²) in [4.78, 5) is 2.20. The van der Waals surface area contributed by atoms with Gasteiger partial charge in [0, 0.05) is 12.6 Å². The summed E-state index contributed by atoms with van der Waals surface area (Å²) in [7, 11) is 0.639. The molecule has 0 heterocycles.